The lowest BCUT2D eigenvalue weighted by Crippen LogP contribution is -2.02. The van der Waals surface area contributed by atoms with E-state index < -0.39 is 0 Å². The zero-order chi connectivity index (χ0) is 14.8. The number of rotatable bonds is 3. The molecule has 0 saturated heterocycles. The van der Waals surface area contributed by atoms with E-state index in [4.69, 9.17) is 10.7 Å². The van der Waals surface area contributed by atoms with E-state index in [2.05, 4.69) is 48.7 Å². The summed E-state index contributed by atoms with van der Waals surface area (Å²) in [5.41, 5.74) is 10.6. The summed E-state index contributed by atoms with van der Waals surface area (Å²) in [6, 6.07) is 18.5. The lowest BCUT2D eigenvalue weighted by molar-refractivity contribution is 0.781. The zero-order valence-electron chi connectivity index (χ0n) is 12.4. The Balaban J connectivity index is 2.18. The summed E-state index contributed by atoms with van der Waals surface area (Å²) in [6.07, 6.45) is 0. The second kappa shape index (κ2) is 5.44. The van der Waals surface area contributed by atoms with Crippen molar-refractivity contribution in [2.45, 2.75) is 20.4 Å². The molecule has 2 aromatic carbocycles. The van der Waals surface area contributed by atoms with E-state index in [0.717, 1.165) is 35.0 Å². The van der Waals surface area contributed by atoms with Crippen molar-refractivity contribution in [2.75, 3.05) is 5.73 Å². The van der Waals surface area contributed by atoms with Crippen LogP contribution in [0.25, 0.3) is 22.6 Å². The highest BCUT2D eigenvalue weighted by atomic mass is 15.1. The van der Waals surface area contributed by atoms with Crippen LogP contribution in [0.1, 0.15) is 12.5 Å². The molecule has 0 spiro atoms. The SMILES string of the molecule is CCn1c(-c2ccccc2)nc(-c2cccc(C)c2)c1N. The largest absolute Gasteiger partial charge is 0.383 e. The molecule has 1 heterocycles. The fourth-order valence-corrected chi connectivity index (χ4v) is 2.60. The first-order valence-corrected chi connectivity index (χ1v) is 7.19. The van der Waals surface area contributed by atoms with E-state index in [-0.39, 0.29) is 0 Å². The third-order valence-corrected chi connectivity index (χ3v) is 3.65. The van der Waals surface area contributed by atoms with Gasteiger partial charge in [0.2, 0.25) is 0 Å². The maximum absolute atomic E-state index is 6.33. The van der Waals surface area contributed by atoms with Gasteiger partial charge in [0.25, 0.3) is 0 Å². The normalized spacial score (nSPS) is 10.8. The highest BCUT2D eigenvalue weighted by molar-refractivity contribution is 5.75. The molecule has 0 radical (unpaired) electrons. The Kier molecular flexibility index (Phi) is 3.48. The number of anilines is 1. The molecule has 0 bridgehead atoms. The van der Waals surface area contributed by atoms with Crippen molar-refractivity contribution in [1.82, 2.24) is 9.55 Å². The lowest BCUT2D eigenvalue weighted by Gasteiger charge is -2.06. The molecule has 1 aromatic heterocycles. The molecule has 0 atom stereocenters. The predicted octanol–water partition coefficient (Wildman–Crippen LogP) is 4.13. The molecule has 106 valence electrons. The monoisotopic (exact) mass is 277 g/mol. The van der Waals surface area contributed by atoms with E-state index in [0.29, 0.717) is 0 Å². The number of hydrogen-bond donors (Lipinski definition) is 1. The number of aromatic nitrogens is 2. The number of nitrogens with two attached hydrogens (primary N) is 1. The van der Waals surface area contributed by atoms with Gasteiger partial charge < -0.3 is 10.3 Å². The molecule has 3 heteroatoms. The molecule has 3 rings (SSSR count). The van der Waals surface area contributed by atoms with Crippen LogP contribution in [0.5, 0.6) is 0 Å². The van der Waals surface area contributed by atoms with Crippen LogP contribution in [0.15, 0.2) is 54.6 Å². The topological polar surface area (TPSA) is 43.8 Å². The number of hydrogen-bond acceptors (Lipinski definition) is 2. The molecule has 0 amide bonds. The zero-order valence-corrected chi connectivity index (χ0v) is 12.4. The van der Waals surface area contributed by atoms with Gasteiger partial charge in [0.15, 0.2) is 0 Å². The van der Waals surface area contributed by atoms with Gasteiger partial charge in [-0.25, -0.2) is 4.98 Å². The van der Waals surface area contributed by atoms with E-state index >= 15 is 0 Å². The molecule has 3 aromatic rings. The van der Waals surface area contributed by atoms with Gasteiger partial charge in [-0.15, -0.1) is 0 Å². The highest BCUT2D eigenvalue weighted by Gasteiger charge is 2.16. The van der Waals surface area contributed by atoms with E-state index in [1.807, 2.05) is 24.3 Å². The molecular formula is C18H19N3. The summed E-state index contributed by atoms with van der Waals surface area (Å²) in [4.78, 5) is 4.80. The third kappa shape index (κ3) is 2.42. The predicted molar refractivity (Wildman–Crippen MR) is 87.9 cm³/mol. The fourth-order valence-electron chi connectivity index (χ4n) is 2.60. The molecule has 0 aliphatic carbocycles. The Morgan fingerprint density at radius 3 is 2.38 bits per heavy atom. The van der Waals surface area contributed by atoms with Crippen LogP contribution in [0.2, 0.25) is 0 Å². The maximum Gasteiger partial charge on any atom is 0.142 e. The van der Waals surface area contributed by atoms with Gasteiger partial charge in [-0.3, -0.25) is 0 Å². The summed E-state index contributed by atoms with van der Waals surface area (Å²) in [6.45, 7) is 4.97. The Morgan fingerprint density at radius 1 is 1.00 bits per heavy atom. The summed E-state index contributed by atoms with van der Waals surface area (Å²) < 4.78 is 2.06. The third-order valence-electron chi connectivity index (χ3n) is 3.65. The van der Waals surface area contributed by atoms with Gasteiger partial charge in [-0.1, -0.05) is 54.1 Å². The van der Waals surface area contributed by atoms with Gasteiger partial charge >= 0.3 is 0 Å². The highest BCUT2D eigenvalue weighted by Crippen LogP contribution is 2.31. The molecule has 0 saturated carbocycles. The quantitative estimate of drug-likeness (QED) is 0.782. The van der Waals surface area contributed by atoms with Crippen LogP contribution >= 0.6 is 0 Å². The first kappa shape index (κ1) is 13.4. The summed E-state index contributed by atoms with van der Waals surface area (Å²) in [5.74, 6) is 1.65. The van der Waals surface area contributed by atoms with Gasteiger partial charge in [0, 0.05) is 17.7 Å². The molecule has 0 aliphatic rings. The van der Waals surface area contributed by atoms with Crippen LogP contribution in [0, 0.1) is 6.92 Å². The van der Waals surface area contributed by atoms with Crippen molar-refractivity contribution in [3.8, 4) is 22.6 Å². The second-order valence-electron chi connectivity index (χ2n) is 5.15. The van der Waals surface area contributed by atoms with Crippen molar-refractivity contribution in [2.24, 2.45) is 0 Å². The van der Waals surface area contributed by atoms with Gasteiger partial charge in [-0.2, -0.15) is 0 Å². The number of nitrogens with zero attached hydrogens (tertiary/aromatic N) is 2. The number of aryl methyl sites for hydroxylation is 1. The molecule has 0 unspecified atom stereocenters. The maximum atomic E-state index is 6.33. The molecule has 0 fully saturated rings. The Labute approximate surface area is 125 Å². The standard InChI is InChI=1S/C18H19N3/c1-3-21-17(19)16(15-11-7-8-13(2)12-15)20-18(21)14-9-5-4-6-10-14/h4-12H,3,19H2,1-2H3. The van der Waals surface area contributed by atoms with Crippen LogP contribution in [0.4, 0.5) is 5.82 Å². The van der Waals surface area contributed by atoms with Gasteiger partial charge in [0.1, 0.15) is 17.3 Å². The number of imidazole rings is 1. The first-order valence-electron chi connectivity index (χ1n) is 7.19. The van der Waals surface area contributed by atoms with Crippen molar-refractivity contribution < 1.29 is 0 Å². The fraction of sp³-hybridized carbons (Fsp3) is 0.167. The minimum atomic E-state index is 0.724. The molecule has 21 heavy (non-hydrogen) atoms. The van der Waals surface area contributed by atoms with Crippen molar-refractivity contribution >= 4 is 5.82 Å². The van der Waals surface area contributed by atoms with Crippen LogP contribution in [0.3, 0.4) is 0 Å². The summed E-state index contributed by atoms with van der Waals surface area (Å²) in [5, 5.41) is 0. The number of nitrogen functional groups attached to an aromatic ring is 1. The minimum absolute atomic E-state index is 0.724. The Morgan fingerprint density at radius 2 is 1.71 bits per heavy atom. The van der Waals surface area contributed by atoms with E-state index in [9.17, 15) is 0 Å². The van der Waals surface area contributed by atoms with Crippen molar-refractivity contribution in [3.05, 3.63) is 60.2 Å². The summed E-state index contributed by atoms with van der Waals surface area (Å²) >= 11 is 0. The van der Waals surface area contributed by atoms with Gasteiger partial charge in [-0.05, 0) is 19.9 Å². The molecular weight excluding hydrogens is 258 g/mol. The Hall–Kier alpha value is -2.55. The van der Waals surface area contributed by atoms with Crippen LogP contribution in [-0.4, -0.2) is 9.55 Å². The molecule has 3 nitrogen and oxygen atoms in total. The second-order valence-corrected chi connectivity index (χ2v) is 5.15. The lowest BCUT2D eigenvalue weighted by atomic mass is 10.1. The van der Waals surface area contributed by atoms with Crippen molar-refractivity contribution in [3.63, 3.8) is 0 Å². The Bertz CT molecular complexity index is 757. The average molecular weight is 277 g/mol. The van der Waals surface area contributed by atoms with E-state index in [1.54, 1.807) is 0 Å². The number of benzene rings is 2. The molecule has 0 aliphatic heterocycles. The van der Waals surface area contributed by atoms with Crippen molar-refractivity contribution in [1.29, 1.82) is 0 Å². The minimum Gasteiger partial charge on any atom is -0.383 e. The summed E-state index contributed by atoms with van der Waals surface area (Å²) in [7, 11) is 0. The average Bonchev–Trinajstić information content (AvgIpc) is 2.85. The van der Waals surface area contributed by atoms with Gasteiger partial charge in [0.05, 0.1) is 0 Å². The molecule has 2 N–H and O–H groups in total. The smallest absolute Gasteiger partial charge is 0.142 e. The van der Waals surface area contributed by atoms with E-state index in [1.165, 1.54) is 5.56 Å². The van der Waals surface area contributed by atoms with Crippen LogP contribution < -0.4 is 5.73 Å². The first-order chi connectivity index (χ1) is 10.2. The van der Waals surface area contributed by atoms with Crippen LogP contribution in [-0.2, 0) is 6.54 Å².